The van der Waals surface area contributed by atoms with Gasteiger partial charge in [0.15, 0.2) is 5.13 Å². The maximum Gasteiger partial charge on any atom is 0.416 e. The minimum atomic E-state index is -4.53. The van der Waals surface area contributed by atoms with Crippen LogP contribution < -0.4 is 5.73 Å². The average molecular weight is 342 g/mol. The Morgan fingerprint density at radius 3 is 2.65 bits per heavy atom. The van der Waals surface area contributed by atoms with Gasteiger partial charge in [-0.1, -0.05) is 18.2 Å². The molecule has 0 unspecified atom stereocenters. The van der Waals surface area contributed by atoms with E-state index >= 15 is 0 Å². The first-order valence-corrected chi connectivity index (χ1v) is 7.47. The van der Waals surface area contributed by atoms with Crippen molar-refractivity contribution in [3.63, 3.8) is 0 Å². The van der Waals surface area contributed by atoms with E-state index in [1.54, 1.807) is 6.92 Å². The van der Waals surface area contributed by atoms with Gasteiger partial charge in [0.1, 0.15) is 0 Å². The number of esters is 1. The van der Waals surface area contributed by atoms with Crippen LogP contribution in [0.3, 0.4) is 0 Å². The zero-order chi connectivity index (χ0) is 17.0. The summed E-state index contributed by atoms with van der Waals surface area (Å²) in [5.41, 5.74) is 4.66. The highest BCUT2D eigenvalue weighted by Gasteiger charge is 2.33. The fraction of sp³-hybridized carbons (Fsp3) is 0.200. The monoisotopic (exact) mass is 342 g/mol. The molecule has 2 rings (SSSR count). The van der Waals surface area contributed by atoms with Crippen molar-refractivity contribution in [1.29, 1.82) is 0 Å². The summed E-state index contributed by atoms with van der Waals surface area (Å²) in [6.07, 6.45) is -3.41. The van der Waals surface area contributed by atoms with Crippen LogP contribution in [0.4, 0.5) is 18.3 Å². The molecule has 1 aromatic heterocycles. The molecule has 122 valence electrons. The first-order chi connectivity index (χ1) is 10.8. The second kappa shape index (κ2) is 6.82. The Morgan fingerprint density at radius 2 is 2.09 bits per heavy atom. The molecule has 2 N–H and O–H groups in total. The van der Waals surface area contributed by atoms with E-state index in [4.69, 9.17) is 10.5 Å². The van der Waals surface area contributed by atoms with Crippen LogP contribution in [0.2, 0.25) is 0 Å². The molecule has 0 amide bonds. The highest BCUT2D eigenvalue weighted by atomic mass is 32.1. The van der Waals surface area contributed by atoms with Crippen LogP contribution in [-0.2, 0) is 15.7 Å². The molecule has 1 heterocycles. The molecule has 1 aromatic carbocycles. The summed E-state index contributed by atoms with van der Waals surface area (Å²) in [4.78, 5) is 16.0. The van der Waals surface area contributed by atoms with E-state index in [1.165, 1.54) is 23.6 Å². The average Bonchev–Trinajstić information content (AvgIpc) is 2.90. The molecule has 0 bridgehead atoms. The molecule has 0 spiro atoms. The van der Waals surface area contributed by atoms with Crippen LogP contribution in [0.5, 0.6) is 0 Å². The van der Waals surface area contributed by atoms with E-state index in [9.17, 15) is 18.0 Å². The van der Waals surface area contributed by atoms with Crippen molar-refractivity contribution in [2.75, 3.05) is 12.3 Å². The van der Waals surface area contributed by atoms with Gasteiger partial charge in [-0.3, -0.25) is 0 Å². The van der Waals surface area contributed by atoms with Gasteiger partial charge >= 0.3 is 12.1 Å². The van der Waals surface area contributed by atoms with Gasteiger partial charge in [-0.2, -0.15) is 13.2 Å². The van der Waals surface area contributed by atoms with Gasteiger partial charge in [0, 0.05) is 5.38 Å². The largest absolute Gasteiger partial charge is 0.462 e. The molecule has 23 heavy (non-hydrogen) atoms. The summed E-state index contributed by atoms with van der Waals surface area (Å²) in [6.45, 7) is 1.70. The van der Waals surface area contributed by atoms with E-state index in [-0.39, 0.29) is 28.6 Å². The number of carbonyl (C=O) groups is 1. The van der Waals surface area contributed by atoms with Gasteiger partial charge in [-0.05, 0) is 24.6 Å². The van der Waals surface area contributed by atoms with Crippen LogP contribution >= 0.6 is 11.3 Å². The molecular weight excluding hydrogens is 329 g/mol. The zero-order valence-electron chi connectivity index (χ0n) is 12.1. The molecule has 0 fully saturated rings. The van der Waals surface area contributed by atoms with Crippen LogP contribution in [0.1, 0.15) is 23.7 Å². The Kier molecular flexibility index (Phi) is 5.05. The molecule has 2 aromatic rings. The van der Waals surface area contributed by atoms with Crippen LogP contribution in [-0.4, -0.2) is 17.6 Å². The Labute approximate surface area is 134 Å². The minimum absolute atomic E-state index is 0.0727. The molecule has 0 radical (unpaired) electrons. The molecular formula is C15H13F3N2O2S. The number of rotatable bonds is 4. The number of benzene rings is 1. The predicted octanol–water partition coefficient (Wildman–Crippen LogP) is 3.85. The van der Waals surface area contributed by atoms with Crippen LogP contribution in [0, 0.1) is 0 Å². The number of hydrogen-bond acceptors (Lipinski definition) is 5. The number of carbonyl (C=O) groups excluding carboxylic acids is 1. The molecule has 0 aliphatic rings. The van der Waals surface area contributed by atoms with Crippen molar-refractivity contribution >= 4 is 34.1 Å². The van der Waals surface area contributed by atoms with Gasteiger partial charge in [0.05, 0.1) is 23.4 Å². The Hall–Kier alpha value is -2.35. The molecule has 8 heteroatoms. The number of thiazole rings is 1. The fourth-order valence-corrected chi connectivity index (χ4v) is 2.46. The van der Waals surface area contributed by atoms with Crippen molar-refractivity contribution in [2.45, 2.75) is 13.1 Å². The lowest BCUT2D eigenvalue weighted by molar-refractivity contribution is -0.138. The lowest BCUT2D eigenvalue weighted by Crippen LogP contribution is -2.10. The van der Waals surface area contributed by atoms with Crippen molar-refractivity contribution in [3.05, 3.63) is 46.5 Å². The second-order valence-corrected chi connectivity index (χ2v) is 5.32. The van der Waals surface area contributed by atoms with Gasteiger partial charge in [0.2, 0.25) is 0 Å². The Morgan fingerprint density at radius 1 is 1.39 bits per heavy atom. The quantitative estimate of drug-likeness (QED) is 0.677. The van der Waals surface area contributed by atoms with Crippen molar-refractivity contribution in [3.8, 4) is 0 Å². The highest BCUT2D eigenvalue weighted by molar-refractivity contribution is 7.13. The Bertz CT molecular complexity index is 738. The van der Waals surface area contributed by atoms with Gasteiger partial charge in [-0.15, -0.1) is 11.3 Å². The normalized spacial score (nSPS) is 12.3. The van der Waals surface area contributed by atoms with Gasteiger partial charge in [-0.25, -0.2) is 9.78 Å². The number of anilines is 1. The van der Waals surface area contributed by atoms with Gasteiger partial charge < -0.3 is 10.5 Å². The van der Waals surface area contributed by atoms with Crippen molar-refractivity contribution in [1.82, 2.24) is 4.98 Å². The lowest BCUT2D eigenvalue weighted by Gasteiger charge is -2.11. The third-order valence-electron chi connectivity index (χ3n) is 2.86. The van der Waals surface area contributed by atoms with E-state index in [1.807, 2.05) is 0 Å². The maximum absolute atomic E-state index is 13.1. The molecule has 0 aliphatic carbocycles. The summed E-state index contributed by atoms with van der Waals surface area (Å²) in [6, 6.07) is 4.96. The first-order valence-electron chi connectivity index (χ1n) is 6.59. The molecule has 0 saturated carbocycles. The predicted molar refractivity (Wildman–Crippen MR) is 82.5 cm³/mol. The SMILES string of the molecule is CCOC(=O)/C(=C\c1ccccc1C(F)(F)F)c1csc(N)n1. The molecule has 0 atom stereocenters. The van der Waals surface area contributed by atoms with Crippen molar-refractivity contribution in [2.24, 2.45) is 0 Å². The number of hydrogen-bond donors (Lipinski definition) is 1. The molecule has 0 saturated heterocycles. The van der Waals surface area contributed by atoms with E-state index in [0.29, 0.717) is 0 Å². The lowest BCUT2D eigenvalue weighted by atomic mass is 10.0. The third-order valence-corrected chi connectivity index (χ3v) is 3.53. The summed E-state index contributed by atoms with van der Waals surface area (Å²) >= 11 is 1.08. The molecule has 0 aliphatic heterocycles. The number of nitrogen functional groups attached to an aromatic ring is 1. The number of halogens is 3. The van der Waals surface area contributed by atoms with E-state index < -0.39 is 17.7 Å². The smallest absolute Gasteiger partial charge is 0.416 e. The fourth-order valence-electron chi connectivity index (χ4n) is 1.89. The number of nitrogens with zero attached hydrogens (tertiary/aromatic N) is 1. The number of alkyl halides is 3. The maximum atomic E-state index is 13.1. The second-order valence-electron chi connectivity index (χ2n) is 4.43. The minimum Gasteiger partial charge on any atom is -0.462 e. The standard InChI is InChI=1S/C15H13F3N2O2S/c1-2-22-13(21)10(12-8-23-14(19)20-12)7-9-5-3-4-6-11(9)15(16,17)18/h3-8H,2H2,1H3,(H2,19,20)/b10-7-. The summed E-state index contributed by atoms with van der Waals surface area (Å²) in [7, 11) is 0. The van der Waals surface area contributed by atoms with Gasteiger partial charge in [0.25, 0.3) is 0 Å². The Balaban J connectivity index is 2.56. The molecule has 4 nitrogen and oxygen atoms in total. The third kappa shape index (κ3) is 4.10. The van der Waals surface area contributed by atoms with Crippen molar-refractivity contribution < 1.29 is 22.7 Å². The highest BCUT2D eigenvalue weighted by Crippen LogP contribution is 2.34. The topological polar surface area (TPSA) is 65.2 Å². The summed E-state index contributed by atoms with van der Waals surface area (Å²) < 4.78 is 44.1. The number of ether oxygens (including phenoxy) is 1. The van der Waals surface area contributed by atoms with Crippen LogP contribution in [0.15, 0.2) is 29.6 Å². The van der Waals surface area contributed by atoms with E-state index in [0.717, 1.165) is 23.5 Å². The number of aromatic nitrogens is 1. The summed E-state index contributed by atoms with van der Waals surface area (Å²) in [5.74, 6) is -0.755. The first kappa shape index (κ1) is 17.0. The summed E-state index contributed by atoms with van der Waals surface area (Å²) in [5, 5.41) is 1.70. The van der Waals surface area contributed by atoms with Crippen LogP contribution in [0.25, 0.3) is 11.6 Å². The zero-order valence-corrected chi connectivity index (χ0v) is 12.9. The number of nitrogens with two attached hydrogens (primary N) is 1. The van der Waals surface area contributed by atoms with E-state index in [2.05, 4.69) is 4.98 Å².